The van der Waals surface area contributed by atoms with Gasteiger partial charge in [0.2, 0.25) is 0 Å². The fourth-order valence-electron chi connectivity index (χ4n) is 1.77. The third-order valence-corrected chi connectivity index (χ3v) is 3.55. The number of hydrogen-bond donors (Lipinski definition) is 1. The molecule has 1 atom stereocenters. The van der Waals surface area contributed by atoms with E-state index in [-0.39, 0.29) is 6.04 Å². The summed E-state index contributed by atoms with van der Waals surface area (Å²) >= 11 is 12.0. The lowest BCUT2D eigenvalue weighted by atomic mass is 10.1. The molecule has 0 radical (unpaired) electrons. The van der Waals surface area contributed by atoms with Gasteiger partial charge in [-0.15, -0.1) is 0 Å². The highest BCUT2D eigenvalue weighted by atomic mass is 35.5. The van der Waals surface area contributed by atoms with Crippen LogP contribution in [0.5, 0.6) is 0 Å². The van der Waals surface area contributed by atoms with Gasteiger partial charge in [-0.1, -0.05) is 53.5 Å². The van der Waals surface area contributed by atoms with Gasteiger partial charge in [0.25, 0.3) is 0 Å². The fraction of sp³-hybridized carbons (Fsp3) is 0.200. The molecule has 1 N–H and O–H groups in total. The van der Waals surface area contributed by atoms with Crippen molar-refractivity contribution in [1.82, 2.24) is 5.32 Å². The van der Waals surface area contributed by atoms with Crippen molar-refractivity contribution in [3.05, 3.63) is 69.7 Å². The molecule has 0 aliphatic carbocycles. The Morgan fingerprint density at radius 3 is 2.33 bits per heavy atom. The van der Waals surface area contributed by atoms with Crippen LogP contribution in [0.3, 0.4) is 0 Å². The van der Waals surface area contributed by atoms with E-state index in [9.17, 15) is 0 Å². The van der Waals surface area contributed by atoms with Gasteiger partial charge in [-0.2, -0.15) is 0 Å². The molecule has 1 nitrogen and oxygen atoms in total. The Labute approximate surface area is 118 Å². The monoisotopic (exact) mass is 279 g/mol. The standard InChI is InChI=1S/C15H15Cl2N/c1-11(12-6-8-14(16)9-7-12)18-10-13-4-2-3-5-15(13)17/h2-9,11,18H,10H2,1H3/t11-/m1/s1. The summed E-state index contributed by atoms with van der Waals surface area (Å²) < 4.78 is 0. The van der Waals surface area contributed by atoms with Crippen molar-refractivity contribution in [2.45, 2.75) is 19.5 Å². The zero-order valence-electron chi connectivity index (χ0n) is 10.2. The number of rotatable bonds is 4. The van der Waals surface area contributed by atoms with Gasteiger partial charge in [-0.3, -0.25) is 0 Å². The molecule has 18 heavy (non-hydrogen) atoms. The van der Waals surface area contributed by atoms with Crippen molar-refractivity contribution < 1.29 is 0 Å². The highest BCUT2D eigenvalue weighted by molar-refractivity contribution is 6.31. The van der Waals surface area contributed by atoms with Crippen LogP contribution in [0.25, 0.3) is 0 Å². The molecule has 0 saturated carbocycles. The molecule has 2 aromatic carbocycles. The molecule has 0 aliphatic heterocycles. The highest BCUT2D eigenvalue weighted by Gasteiger charge is 2.05. The van der Waals surface area contributed by atoms with E-state index in [1.807, 2.05) is 48.5 Å². The first kappa shape index (κ1) is 13.4. The molecule has 0 unspecified atom stereocenters. The van der Waals surface area contributed by atoms with E-state index >= 15 is 0 Å². The van der Waals surface area contributed by atoms with Crippen molar-refractivity contribution >= 4 is 23.2 Å². The van der Waals surface area contributed by atoms with Crippen molar-refractivity contribution in [2.24, 2.45) is 0 Å². The molecule has 0 fully saturated rings. The fourth-order valence-corrected chi connectivity index (χ4v) is 2.10. The van der Waals surface area contributed by atoms with Crippen molar-refractivity contribution in [3.63, 3.8) is 0 Å². The first-order chi connectivity index (χ1) is 8.66. The van der Waals surface area contributed by atoms with Crippen LogP contribution in [-0.2, 0) is 6.54 Å². The Hall–Kier alpha value is -1.02. The molecule has 0 spiro atoms. The van der Waals surface area contributed by atoms with E-state index in [0.29, 0.717) is 0 Å². The molecule has 2 aromatic rings. The molecule has 3 heteroatoms. The Morgan fingerprint density at radius 1 is 1.00 bits per heavy atom. The van der Waals surface area contributed by atoms with Crippen LogP contribution >= 0.6 is 23.2 Å². The van der Waals surface area contributed by atoms with Crippen LogP contribution in [0.15, 0.2) is 48.5 Å². The Bertz CT molecular complexity index is 508. The van der Waals surface area contributed by atoms with E-state index in [2.05, 4.69) is 12.2 Å². The predicted molar refractivity (Wildman–Crippen MR) is 78.2 cm³/mol. The van der Waals surface area contributed by atoms with Crippen LogP contribution < -0.4 is 5.32 Å². The first-order valence-corrected chi connectivity index (χ1v) is 6.64. The van der Waals surface area contributed by atoms with Crippen LogP contribution in [0.1, 0.15) is 24.1 Å². The maximum atomic E-state index is 6.12. The Balaban J connectivity index is 1.98. The van der Waals surface area contributed by atoms with Crippen molar-refractivity contribution in [1.29, 1.82) is 0 Å². The Kier molecular flexibility index (Phi) is 4.65. The normalized spacial score (nSPS) is 12.4. The summed E-state index contributed by atoms with van der Waals surface area (Å²) in [4.78, 5) is 0. The lowest BCUT2D eigenvalue weighted by molar-refractivity contribution is 0.575. The quantitative estimate of drug-likeness (QED) is 0.844. The van der Waals surface area contributed by atoms with Gasteiger partial charge in [0.1, 0.15) is 0 Å². The van der Waals surface area contributed by atoms with Gasteiger partial charge >= 0.3 is 0 Å². The van der Waals surface area contributed by atoms with E-state index in [1.165, 1.54) is 5.56 Å². The Morgan fingerprint density at radius 2 is 1.67 bits per heavy atom. The summed E-state index contributed by atoms with van der Waals surface area (Å²) in [6, 6.07) is 16.0. The van der Waals surface area contributed by atoms with Crippen LogP contribution in [0.2, 0.25) is 10.0 Å². The zero-order valence-corrected chi connectivity index (χ0v) is 11.7. The van der Waals surface area contributed by atoms with Crippen LogP contribution in [0, 0.1) is 0 Å². The van der Waals surface area contributed by atoms with Gasteiger partial charge in [0.05, 0.1) is 0 Å². The number of hydrogen-bond acceptors (Lipinski definition) is 1. The first-order valence-electron chi connectivity index (χ1n) is 5.89. The van der Waals surface area contributed by atoms with E-state index in [1.54, 1.807) is 0 Å². The van der Waals surface area contributed by atoms with Crippen molar-refractivity contribution in [2.75, 3.05) is 0 Å². The summed E-state index contributed by atoms with van der Waals surface area (Å²) in [5, 5.41) is 5.01. The predicted octanol–water partition coefficient (Wildman–Crippen LogP) is 4.84. The van der Waals surface area contributed by atoms with Crippen LogP contribution in [0.4, 0.5) is 0 Å². The second-order valence-electron chi connectivity index (χ2n) is 4.25. The molecular weight excluding hydrogens is 265 g/mol. The lowest BCUT2D eigenvalue weighted by Crippen LogP contribution is -2.18. The summed E-state index contributed by atoms with van der Waals surface area (Å²) in [5.41, 5.74) is 2.33. The molecule has 2 rings (SSSR count). The van der Waals surface area contributed by atoms with Gasteiger partial charge < -0.3 is 5.32 Å². The van der Waals surface area contributed by atoms with E-state index in [4.69, 9.17) is 23.2 Å². The van der Waals surface area contributed by atoms with E-state index < -0.39 is 0 Å². The smallest absolute Gasteiger partial charge is 0.0450 e. The minimum atomic E-state index is 0.263. The minimum absolute atomic E-state index is 0.263. The van der Waals surface area contributed by atoms with Gasteiger partial charge in [-0.05, 0) is 36.2 Å². The minimum Gasteiger partial charge on any atom is -0.306 e. The summed E-state index contributed by atoms with van der Waals surface area (Å²) in [5.74, 6) is 0. The molecular formula is C15H15Cl2N. The topological polar surface area (TPSA) is 12.0 Å². The van der Waals surface area contributed by atoms with Gasteiger partial charge in [0, 0.05) is 22.6 Å². The number of halogens is 2. The molecule has 94 valence electrons. The number of nitrogens with one attached hydrogen (secondary N) is 1. The van der Waals surface area contributed by atoms with Crippen molar-refractivity contribution in [3.8, 4) is 0 Å². The zero-order chi connectivity index (χ0) is 13.0. The maximum absolute atomic E-state index is 6.12. The van der Waals surface area contributed by atoms with Crippen LogP contribution in [-0.4, -0.2) is 0 Å². The SMILES string of the molecule is C[C@@H](NCc1ccccc1Cl)c1ccc(Cl)cc1. The summed E-state index contributed by atoms with van der Waals surface area (Å²) in [6.45, 7) is 2.88. The molecule has 0 amide bonds. The molecule has 0 saturated heterocycles. The second-order valence-corrected chi connectivity index (χ2v) is 5.09. The maximum Gasteiger partial charge on any atom is 0.0450 e. The molecule has 0 aromatic heterocycles. The molecule has 0 bridgehead atoms. The largest absolute Gasteiger partial charge is 0.306 e. The van der Waals surface area contributed by atoms with E-state index in [0.717, 1.165) is 22.2 Å². The third-order valence-electron chi connectivity index (χ3n) is 2.93. The number of benzene rings is 2. The summed E-state index contributed by atoms with van der Waals surface area (Å²) in [6.07, 6.45) is 0. The second kappa shape index (κ2) is 6.24. The van der Waals surface area contributed by atoms with Gasteiger partial charge in [0.15, 0.2) is 0 Å². The van der Waals surface area contributed by atoms with Gasteiger partial charge in [-0.25, -0.2) is 0 Å². The third kappa shape index (κ3) is 3.49. The average molecular weight is 280 g/mol. The highest BCUT2D eigenvalue weighted by Crippen LogP contribution is 2.18. The molecule has 0 aliphatic rings. The average Bonchev–Trinajstić information content (AvgIpc) is 2.38. The summed E-state index contributed by atoms with van der Waals surface area (Å²) in [7, 11) is 0. The molecule has 0 heterocycles. The lowest BCUT2D eigenvalue weighted by Gasteiger charge is -2.15.